The minimum Gasteiger partial charge on any atom is -0.464 e. The van der Waals surface area contributed by atoms with Gasteiger partial charge in [-0.05, 0) is 93.0 Å². The van der Waals surface area contributed by atoms with Gasteiger partial charge in [0.1, 0.15) is 12.1 Å². The predicted octanol–water partition coefficient (Wildman–Crippen LogP) is 7.01. The van der Waals surface area contributed by atoms with E-state index in [0.29, 0.717) is 49.9 Å². The fourth-order valence-electron chi connectivity index (χ4n) is 11.7. The van der Waals surface area contributed by atoms with Crippen LogP contribution in [0.15, 0.2) is 35.8 Å². The molecule has 8 heterocycles. The summed E-state index contributed by atoms with van der Waals surface area (Å²) in [6, 6.07) is 8.57. The molecule has 6 aliphatic rings. The monoisotopic (exact) mass is 921 g/mol. The summed E-state index contributed by atoms with van der Waals surface area (Å²) in [5, 5.41) is 8.60. The van der Waals surface area contributed by atoms with Gasteiger partial charge in [-0.15, -0.1) is 11.3 Å². The molecular weight excluding hydrogens is 855 g/mol. The Balaban J connectivity index is 1.08. The number of aryl methyl sites for hydroxylation is 1. The minimum atomic E-state index is -0.877. The number of hydrogen-bond acceptors (Lipinski definition) is 12. The summed E-state index contributed by atoms with van der Waals surface area (Å²) >= 11 is 1.50. The second-order valence-corrected chi connectivity index (χ2v) is 21.8. The number of carbonyl (C=O) groups excluding carboxylic acids is 3. The largest absolute Gasteiger partial charge is 0.464 e. The van der Waals surface area contributed by atoms with E-state index in [9.17, 15) is 14.4 Å². The van der Waals surface area contributed by atoms with E-state index in [1.165, 1.54) is 21.9 Å². The number of thiazole rings is 1. The summed E-state index contributed by atoms with van der Waals surface area (Å²) in [5.41, 5.74) is 11.1. The number of cyclic esters (lactones) is 1. The quantitative estimate of drug-likeness (QED) is 0.176. The molecule has 354 valence electrons. The Labute approximate surface area is 392 Å². The van der Waals surface area contributed by atoms with Crippen LogP contribution in [0.25, 0.3) is 33.4 Å². The van der Waals surface area contributed by atoms with Crippen molar-refractivity contribution in [3.63, 3.8) is 0 Å². The van der Waals surface area contributed by atoms with Gasteiger partial charge in [-0.2, -0.15) is 0 Å². The molecule has 15 heteroatoms. The number of benzene rings is 1. The highest BCUT2D eigenvalue weighted by Gasteiger charge is 2.50. The second kappa shape index (κ2) is 18.0. The summed E-state index contributed by atoms with van der Waals surface area (Å²) in [6.45, 7) is 19.1. The molecule has 4 saturated heterocycles. The number of nitrogens with zero attached hydrogens (tertiary/aromatic N) is 5. The highest BCUT2D eigenvalue weighted by atomic mass is 32.1. The molecule has 0 unspecified atom stereocenters. The SMILES string of the molecule is CCn1c(-c2cc([C@@H]3C[C@H]4COC[C@@H](C3)N4C3COC3)cnc2[C@H](C)OC)c2c3cc(ccc31)-c1csc(n1)[C@@H](C)[C@H](NC(=O)[C@H]1[C@H](C)[C@@H]1C)C(=O)N1CCC[C@H](N1)C(=O)OCC(C)(C)C2. The molecule has 10 rings (SSSR count). The van der Waals surface area contributed by atoms with Crippen LogP contribution in [0.2, 0.25) is 0 Å². The van der Waals surface area contributed by atoms with Crippen molar-refractivity contribution in [1.82, 2.24) is 35.2 Å². The van der Waals surface area contributed by atoms with Gasteiger partial charge in [0.05, 0.1) is 67.3 Å². The number of ether oxygens (including phenoxy) is 4. The fourth-order valence-corrected chi connectivity index (χ4v) is 12.6. The first-order chi connectivity index (χ1) is 31.7. The molecule has 66 heavy (non-hydrogen) atoms. The van der Waals surface area contributed by atoms with Crippen LogP contribution in [-0.4, -0.2) is 119 Å². The molecule has 0 spiro atoms. The third kappa shape index (κ3) is 8.29. The molecule has 0 radical (unpaired) electrons. The summed E-state index contributed by atoms with van der Waals surface area (Å²) in [5.74, 6) is -0.529. The Morgan fingerprint density at radius 1 is 1.05 bits per heavy atom. The van der Waals surface area contributed by atoms with Crippen LogP contribution in [0.1, 0.15) is 114 Å². The number of rotatable bonds is 8. The van der Waals surface area contributed by atoms with E-state index in [1.807, 2.05) is 6.92 Å². The zero-order chi connectivity index (χ0) is 46.2. The third-order valence-electron chi connectivity index (χ3n) is 15.9. The molecule has 5 aliphatic heterocycles. The van der Waals surface area contributed by atoms with Crippen LogP contribution >= 0.6 is 11.3 Å². The van der Waals surface area contributed by atoms with Gasteiger partial charge in [0.25, 0.3) is 5.91 Å². The van der Waals surface area contributed by atoms with E-state index in [2.05, 4.69) is 97.6 Å². The smallest absolute Gasteiger partial charge is 0.324 e. The summed E-state index contributed by atoms with van der Waals surface area (Å²) in [4.78, 5) is 55.3. The maximum atomic E-state index is 14.5. The summed E-state index contributed by atoms with van der Waals surface area (Å²) in [7, 11) is 1.74. The van der Waals surface area contributed by atoms with Crippen LogP contribution in [0, 0.1) is 23.2 Å². The van der Waals surface area contributed by atoms with Crippen molar-refractivity contribution in [3.8, 4) is 22.5 Å². The molecular formula is C51H67N7O7S. The van der Waals surface area contributed by atoms with E-state index in [0.717, 1.165) is 95.5 Å². The molecule has 1 aromatic carbocycles. The van der Waals surface area contributed by atoms with Crippen LogP contribution in [0.3, 0.4) is 0 Å². The average Bonchev–Trinajstić information content (AvgIpc) is 3.57. The zero-order valence-corrected chi connectivity index (χ0v) is 40.6. The van der Waals surface area contributed by atoms with Crippen LogP contribution in [0.5, 0.6) is 0 Å². The van der Waals surface area contributed by atoms with E-state index >= 15 is 0 Å². The average molecular weight is 922 g/mol. The molecule has 3 aromatic heterocycles. The first-order valence-electron chi connectivity index (χ1n) is 24.4. The molecule has 10 atom stereocenters. The van der Waals surface area contributed by atoms with Crippen molar-refractivity contribution in [2.45, 2.75) is 135 Å². The Morgan fingerprint density at radius 3 is 2.45 bits per heavy atom. The van der Waals surface area contributed by atoms with E-state index in [-0.39, 0.29) is 42.3 Å². The molecule has 2 N–H and O–H groups in total. The Bertz CT molecular complexity index is 2480. The number of hydrazine groups is 1. The lowest BCUT2D eigenvalue weighted by Gasteiger charge is -2.53. The van der Waals surface area contributed by atoms with Gasteiger partial charge < -0.3 is 28.8 Å². The molecule has 2 amide bonds. The predicted molar refractivity (Wildman–Crippen MR) is 253 cm³/mol. The lowest BCUT2D eigenvalue weighted by molar-refractivity contribution is -0.159. The van der Waals surface area contributed by atoms with Crippen LogP contribution < -0.4 is 10.7 Å². The second-order valence-electron chi connectivity index (χ2n) is 20.9. The van der Waals surface area contributed by atoms with Crippen molar-refractivity contribution in [1.29, 1.82) is 0 Å². The third-order valence-corrected chi connectivity index (χ3v) is 16.9. The van der Waals surface area contributed by atoms with Crippen molar-refractivity contribution in [2.24, 2.45) is 23.2 Å². The molecule has 4 aromatic rings. The minimum absolute atomic E-state index is 0.116. The van der Waals surface area contributed by atoms with Crippen LogP contribution in [-0.2, 0) is 46.3 Å². The fraction of sp³-hybridized carbons (Fsp3) is 0.627. The maximum Gasteiger partial charge on any atom is 0.324 e. The van der Waals surface area contributed by atoms with Gasteiger partial charge in [0, 0.05) is 83.1 Å². The molecule has 14 nitrogen and oxygen atoms in total. The number of carbonyl (C=O) groups is 3. The van der Waals surface area contributed by atoms with Crippen molar-refractivity contribution < 1.29 is 33.3 Å². The number of pyridine rings is 1. The molecule has 5 fully saturated rings. The number of aromatic nitrogens is 3. The van der Waals surface area contributed by atoms with Crippen molar-refractivity contribution in [2.75, 3.05) is 46.7 Å². The van der Waals surface area contributed by atoms with Gasteiger partial charge in [0.15, 0.2) is 0 Å². The van der Waals surface area contributed by atoms with Crippen molar-refractivity contribution in [3.05, 3.63) is 57.7 Å². The topological polar surface area (TPSA) is 149 Å². The molecule has 1 saturated carbocycles. The maximum absolute atomic E-state index is 14.5. The standard InChI is InChI=1S/C51H67N7O7S/c1-9-56-42-13-12-31-17-37(42)39(46(56)38-18-33(20-52-45(38)30(5)62-8)32-15-34-21-63-22-35(16-32)58(34)36-23-64-24-36)19-51(6,7)26-65-50(61)40-11-10-14-57(55-40)49(60)44(29(4)48-53-41(31)25-66-48)54-47(59)43-27(2)28(43)3/h12-13,17-18,20,25,27-30,32,34-36,40,43-44,55H,9-11,14-16,19,21-24,26H2,1-8H3,(H,54,59)/t27-,28+,29-,30-,32-,34+,35-,40-,43+,44-/m0/s1. The Kier molecular flexibility index (Phi) is 12.4. The van der Waals surface area contributed by atoms with Gasteiger partial charge in [-0.3, -0.25) is 29.3 Å². The van der Waals surface area contributed by atoms with E-state index in [4.69, 9.17) is 28.9 Å². The van der Waals surface area contributed by atoms with Crippen molar-refractivity contribution >= 4 is 40.0 Å². The number of amides is 2. The lowest BCUT2D eigenvalue weighted by Crippen LogP contribution is -2.64. The number of methoxy groups -OCH3 is 1. The highest BCUT2D eigenvalue weighted by molar-refractivity contribution is 7.10. The number of morpholine rings is 1. The zero-order valence-electron chi connectivity index (χ0n) is 39.8. The van der Waals surface area contributed by atoms with E-state index < -0.39 is 29.4 Å². The first-order valence-corrected chi connectivity index (χ1v) is 25.2. The highest BCUT2D eigenvalue weighted by Crippen LogP contribution is 2.47. The van der Waals surface area contributed by atoms with E-state index in [1.54, 1.807) is 7.11 Å². The van der Waals surface area contributed by atoms with Gasteiger partial charge in [0.2, 0.25) is 5.91 Å². The number of piperidine rings is 1. The first kappa shape index (κ1) is 45.5. The Hall–Kier alpha value is -4.25. The molecule has 1 aliphatic carbocycles. The number of hydrogen-bond donors (Lipinski definition) is 2. The Morgan fingerprint density at radius 2 is 1.77 bits per heavy atom. The molecule has 8 bridgehead atoms. The summed E-state index contributed by atoms with van der Waals surface area (Å²) < 4.78 is 26.5. The van der Waals surface area contributed by atoms with Gasteiger partial charge >= 0.3 is 5.97 Å². The van der Waals surface area contributed by atoms with Crippen LogP contribution in [0.4, 0.5) is 0 Å². The lowest BCUT2D eigenvalue weighted by atomic mass is 9.79. The summed E-state index contributed by atoms with van der Waals surface area (Å²) in [6.07, 6.45) is 5.58. The number of nitrogens with one attached hydrogen (secondary N) is 2. The van der Waals surface area contributed by atoms with Gasteiger partial charge in [-0.1, -0.05) is 40.7 Å². The van der Waals surface area contributed by atoms with Gasteiger partial charge in [-0.25, -0.2) is 10.4 Å². The number of fused-ring (bicyclic) bond motifs is 8. The number of esters is 1. The normalized spacial score (nSPS) is 30.9.